The molecule has 4 nitrogen and oxygen atoms in total. The third kappa shape index (κ3) is 4.70. The molecular weight excluding hydrogens is 254 g/mol. The van der Waals surface area contributed by atoms with E-state index in [0.29, 0.717) is 26.2 Å². The summed E-state index contributed by atoms with van der Waals surface area (Å²) in [6, 6.07) is 9.68. The van der Waals surface area contributed by atoms with E-state index in [1.54, 1.807) is 17.9 Å². The molecule has 0 aliphatic heterocycles. The summed E-state index contributed by atoms with van der Waals surface area (Å²) in [6.07, 6.45) is 1.67. The van der Waals surface area contributed by atoms with Crippen molar-refractivity contribution in [2.24, 2.45) is 0 Å². The first kappa shape index (κ1) is 16.2. The molecule has 0 heterocycles. The zero-order chi connectivity index (χ0) is 14.8. The van der Waals surface area contributed by atoms with Gasteiger partial charge in [0.2, 0.25) is 0 Å². The molecule has 0 bridgehead atoms. The molecule has 4 heteroatoms. The largest absolute Gasteiger partial charge is 0.450 e. The van der Waals surface area contributed by atoms with Gasteiger partial charge in [-0.05, 0) is 20.3 Å². The van der Waals surface area contributed by atoms with Crippen LogP contribution in [-0.2, 0) is 9.47 Å². The van der Waals surface area contributed by atoms with Gasteiger partial charge in [0, 0.05) is 18.7 Å². The van der Waals surface area contributed by atoms with Crippen molar-refractivity contribution >= 4 is 6.09 Å². The van der Waals surface area contributed by atoms with Crippen LogP contribution in [0.15, 0.2) is 43.0 Å². The first-order valence-electron chi connectivity index (χ1n) is 6.95. The van der Waals surface area contributed by atoms with E-state index in [0.717, 1.165) is 5.56 Å². The van der Waals surface area contributed by atoms with Gasteiger partial charge >= 0.3 is 6.09 Å². The maximum Gasteiger partial charge on any atom is 0.412 e. The predicted molar refractivity (Wildman–Crippen MR) is 79.4 cm³/mol. The molecule has 0 spiro atoms. The molecule has 1 aromatic rings. The maximum atomic E-state index is 12.1. The summed E-state index contributed by atoms with van der Waals surface area (Å²) in [4.78, 5) is 13.7. The Hall–Kier alpha value is -1.81. The second kappa shape index (κ2) is 9.15. The molecule has 1 atom stereocenters. The molecule has 0 aromatic heterocycles. The summed E-state index contributed by atoms with van der Waals surface area (Å²) in [5.41, 5.74) is 0.937. The van der Waals surface area contributed by atoms with E-state index in [9.17, 15) is 4.79 Å². The number of amides is 1. The van der Waals surface area contributed by atoms with Gasteiger partial charge in [0.1, 0.15) is 0 Å². The lowest BCUT2D eigenvalue weighted by atomic mass is 10.2. The number of ether oxygens (including phenoxy) is 2. The van der Waals surface area contributed by atoms with Crippen LogP contribution in [-0.4, -0.2) is 30.8 Å². The smallest absolute Gasteiger partial charge is 0.412 e. The zero-order valence-electron chi connectivity index (χ0n) is 12.2. The lowest BCUT2D eigenvalue weighted by Crippen LogP contribution is -2.37. The third-order valence-corrected chi connectivity index (χ3v) is 2.77. The molecule has 110 valence electrons. The van der Waals surface area contributed by atoms with Crippen LogP contribution in [0.1, 0.15) is 32.1 Å². The highest BCUT2D eigenvalue weighted by Gasteiger charge is 2.25. The molecule has 0 aliphatic carbocycles. The fourth-order valence-electron chi connectivity index (χ4n) is 1.88. The highest BCUT2D eigenvalue weighted by atomic mass is 16.6. The van der Waals surface area contributed by atoms with Crippen LogP contribution < -0.4 is 0 Å². The lowest BCUT2D eigenvalue weighted by Gasteiger charge is -2.30. The van der Waals surface area contributed by atoms with Gasteiger partial charge in [-0.3, -0.25) is 4.90 Å². The average molecular weight is 277 g/mol. The standard InChI is InChI=1S/C16H23NO3/c1-4-7-13-17(16(18)20-6-3)15(19-5-2)14-11-9-8-10-12-14/h4,8-12,15H,1,5-7,13H2,2-3H3. The zero-order valence-corrected chi connectivity index (χ0v) is 12.2. The van der Waals surface area contributed by atoms with E-state index >= 15 is 0 Å². The Morgan fingerprint density at radius 3 is 2.55 bits per heavy atom. The molecule has 0 N–H and O–H groups in total. The molecule has 0 saturated carbocycles. The minimum Gasteiger partial charge on any atom is -0.450 e. The predicted octanol–water partition coefficient (Wildman–Crippen LogP) is 3.76. The van der Waals surface area contributed by atoms with E-state index in [2.05, 4.69) is 6.58 Å². The SMILES string of the molecule is C=CCCN(C(=O)OCC)C(OCC)c1ccccc1. The van der Waals surface area contributed by atoms with Crippen molar-refractivity contribution in [1.29, 1.82) is 0 Å². The number of rotatable bonds is 8. The summed E-state index contributed by atoms with van der Waals surface area (Å²) < 4.78 is 10.9. The van der Waals surface area contributed by atoms with Crippen molar-refractivity contribution in [3.05, 3.63) is 48.6 Å². The van der Waals surface area contributed by atoms with E-state index in [4.69, 9.17) is 9.47 Å². The number of hydrogen-bond donors (Lipinski definition) is 0. The number of carbonyl (C=O) groups is 1. The summed E-state index contributed by atoms with van der Waals surface area (Å²) in [5, 5.41) is 0. The first-order valence-corrected chi connectivity index (χ1v) is 6.95. The van der Waals surface area contributed by atoms with E-state index in [-0.39, 0.29) is 6.09 Å². The van der Waals surface area contributed by atoms with Crippen molar-refractivity contribution in [3.8, 4) is 0 Å². The minimum absolute atomic E-state index is 0.344. The van der Waals surface area contributed by atoms with Gasteiger partial charge < -0.3 is 9.47 Å². The van der Waals surface area contributed by atoms with Gasteiger partial charge in [-0.1, -0.05) is 36.4 Å². The van der Waals surface area contributed by atoms with Crippen LogP contribution >= 0.6 is 0 Å². The monoisotopic (exact) mass is 277 g/mol. The quantitative estimate of drug-likeness (QED) is 0.536. The molecule has 0 aliphatic rings. The molecule has 1 rings (SSSR count). The van der Waals surface area contributed by atoms with Gasteiger partial charge in [0.25, 0.3) is 0 Å². The van der Waals surface area contributed by atoms with E-state index in [1.807, 2.05) is 37.3 Å². The van der Waals surface area contributed by atoms with E-state index < -0.39 is 6.23 Å². The molecular formula is C16H23NO3. The lowest BCUT2D eigenvalue weighted by molar-refractivity contribution is -0.0505. The third-order valence-electron chi connectivity index (χ3n) is 2.77. The highest BCUT2D eigenvalue weighted by Crippen LogP contribution is 2.23. The van der Waals surface area contributed by atoms with Gasteiger partial charge in [0.15, 0.2) is 6.23 Å². The van der Waals surface area contributed by atoms with Crippen LogP contribution in [0.2, 0.25) is 0 Å². The Bertz CT molecular complexity index is 405. The second-order valence-corrected chi connectivity index (χ2v) is 4.19. The van der Waals surface area contributed by atoms with Crippen LogP contribution in [0.5, 0.6) is 0 Å². The van der Waals surface area contributed by atoms with Gasteiger partial charge in [-0.25, -0.2) is 4.79 Å². The van der Waals surface area contributed by atoms with Gasteiger partial charge in [-0.15, -0.1) is 6.58 Å². The number of hydrogen-bond acceptors (Lipinski definition) is 3. The fourth-order valence-corrected chi connectivity index (χ4v) is 1.88. The normalized spacial score (nSPS) is 11.7. The Morgan fingerprint density at radius 1 is 1.30 bits per heavy atom. The topological polar surface area (TPSA) is 38.8 Å². The van der Waals surface area contributed by atoms with Crippen LogP contribution in [0, 0.1) is 0 Å². The van der Waals surface area contributed by atoms with Crippen LogP contribution in [0.3, 0.4) is 0 Å². The van der Waals surface area contributed by atoms with Crippen LogP contribution in [0.4, 0.5) is 4.79 Å². The Labute approximate surface area is 121 Å². The summed E-state index contributed by atoms with van der Waals surface area (Å²) >= 11 is 0. The molecule has 0 fully saturated rings. The van der Waals surface area contributed by atoms with Crippen molar-refractivity contribution in [1.82, 2.24) is 4.90 Å². The fraction of sp³-hybridized carbons (Fsp3) is 0.438. The van der Waals surface area contributed by atoms with Crippen molar-refractivity contribution < 1.29 is 14.3 Å². The van der Waals surface area contributed by atoms with E-state index in [1.165, 1.54) is 0 Å². The van der Waals surface area contributed by atoms with Crippen LogP contribution in [0.25, 0.3) is 0 Å². The van der Waals surface area contributed by atoms with Crippen molar-refractivity contribution in [2.45, 2.75) is 26.5 Å². The first-order chi connectivity index (χ1) is 9.74. The van der Waals surface area contributed by atoms with Gasteiger partial charge in [-0.2, -0.15) is 0 Å². The second-order valence-electron chi connectivity index (χ2n) is 4.19. The van der Waals surface area contributed by atoms with Crippen molar-refractivity contribution in [3.63, 3.8) is 0 Å². The molecule has 1 aromatic carbocycles. The number of benzene rings is 1. The summed E-state index contributed by atoms with van der Waals surface area (Å²) in [6.45, 7) is 8.78. The Morgan fingerprint density at radius 2 is 2.00 bits per heavy atom. The molecule has 0 radical (unpaired) electrons. The molecule has 0 saturated heterocycles. The van der Waals surface area contributed by atoms with Gasteiger partial charge in [0.05, 0.1) is 6.61 Å². The Balaban J connectivity index is 2.97. The molecule has 20 heavy (non-hydrogen) atoms. The molecule has 1 unspecified atom stereocenters. The maximum absolute atomic E-state index is 12.1. The summed E-state index contributed by atoms with van der Waals surface area (Å²) in [5.74, 6) is 0. The number of carbonyl (C=O) groups excluding carboxylic acids is 1. The van der Waals surface area contributed by atoms with Crippen molar-refractivity contribution in [2.75, 3.05) is 19.8 Å². The Kier molecular flexibility index (Phi) is 7.43. The number of nitrogens with zero attached hydrogens (tertiary/aromatic N) is 1. The highest BCUT2D eigenvalue weighted by molar-refractivity contribution is 5.68. The summed E-state index contributed by atoms with van der Waals surface area (Å²) in [7, 11) is 0. The molecule has 1 amide bonds. The average Bonchev–Trinajstić information content (AvgIpc) is 2.47. The minimum atomic E-state index is -0.430.